The summed E-state index contributed by atoms with van der Waals surface area (Å²) >= 11 is 0. The Balaban J connectivity index is 2.15. The smallest absolute Gasteiger partial charge is 0.249 e. The number of carbonyl (C=O) groups excluding carboxylic acids is 1. The van der Waals surface area contributed by atoms with E-state index in [2.05, 4.69) is 31.3 Å². The van der Waals surface area contributed by atoms with E-state index >= 15 is 0 Å². The van der Waals surface area contributed by atoms with Gasteiger partial charge < -0.3 is 45.4 Å². The Morgan fingerprint density at radius 3 is 1.11 bits per heavy atom. The number of unbranched alkanes of at least 4 members (excludes halogenated alkanes) is 43. The standard InChI is InChI=1S/C63H123NO9/c1-3-5-7-9-11-13-15-17-19-21-22-23-24-25-26-27-28-29-30-31-32-33-34-36-38-40-42-44-46-48-50-52-57(67)62(71)64-55(54-72-63-61(70)60(69)59(68)58(53-65)73-63)56(66)51-49-47-45-43-41-39-37-35-20-18-16-14-12-10-8-6-4-2/h25-26,55-61,63,65-70H,3-24,27-54H2,1-2H3,(H,64,71)/b26-25-. The number of allylic oxidation sites excluding steroid dienone is 2. The van der Waals surface area contributed by atoms with Crippen molar-refractivity contribution in [2.45, 2.75) is 371 Å². The zero-order valence-corrected chi connectivity index (χ0v) is 48.0. The van der Waals surface area contributed by atoms with Crippen LogP contribution in [0.1, 0.15) is 322 Å². The number of hydrogen-bond acceptors (Lipinski definition) is 9. The molecule has 1 saturated heterocycles. The first-order valence-corrected chi connectivity index (χ1v) is 32.0. The zero-order valence-electron chi connectivity index (χ0n) is 48.0. The molecule has 1 amide bonds. The molecule has 0 spiro atoms. The van der Waals surface area contributed by atoms with Crippen LogP contribution in [-0.2, 0) is 14.3 Å². The highest BCUT2D eigenvalue weighted by Crippen LogP contribution is 2.24. The number of ether oxygens (including phenoxy) is 2. The van der Waals surface area contributed by atoms with Gasteiger partial charge in [-0.05, 0) is 38.5 Å². The Morgan fingerprint density at radius 2 is 0.767 bits per heavy atom. The molecule has 1 aliphatic rings. The second-order valence-electron chi connectivity index (χ2n) is 22.7. The minimum Gasteiger partial charge on any atom is -0.394 e. The fraction of sp³-hybridized carbons (Fsp3) is 0.952. The highest BCUT2D eigenvalue weighted by Gasteiger charge is 2.44. The van der Waals surface area contributed by atoms with Gasteiger partial charge in [-0.25, -0.2) is 0 Å². The number of nitrogens with one attached hydrogen (secondary N) is 1. The Kier molecular flexibility index (Phi) is 50.7. The lowest BCUT2D eigenvalue weighted by atomic mass is 9.99. The number of aliphatic hydroxyl groups is 6. The molecule has 1 aliphatic heterocycles. The number of rotatable bonds is 56. The van der Waals surface area contributed by atoms with E-state index in [0.29, 0.717) is 12.8 Å². The van der Waals surface area contributed by atoms with Crippen molar-refractivity contribution in [3.05, 3.63) is 12.2 Å². The predicted molar refractivity (Wildman–Crippen MR) is 306 cm³/mol. The quantitative estimate of drug-likeness (QED) is 0.0232. The maximum Gasteiger partial charge on any atom is 0.249 e. The summed E-state index contributed by atoms with van der Waals surface area (Å²) in [5.41, 5.74) is 0. The third kappa shape index (κ3) is 41.6. The molecule has 1 rings (SSSR count). The molecule has 10 nitrogen and oxygen atoms in total. The molecule has 0 aromatic rings. The van der Waals surface area contributed by atoms with E-state index in [1.807, 2.05) is 0 Å². The van der Waals surface area contributed by atoms with Gasteiger partial charge in [0.1, 0.15) is 30.5 Å². The summed E-state index contributed by atoms with van der Waals surface area (Å²) in [6.45, 7) is 3.72. The number of hydrogen-bond donors (Lipinski definition) is 7. The highest BCUT2D eigenvalue weighted by atomic mass is 16.7. The normalized spacial score (nSPS) is 19.5. The fourth-order valence-corrected chi connectivity index (χ4v) is 10.6. The van der Waals surface area contributed by atoms with Crippen LogP contribution in [0, 0.1) is 0 Å². The van der Waals surface area contributed by atoms with E-state index in [9.17, 15) is 35.4 Å². The Bertz CT molecular complexity index is 1170. The lowest BCUT2D eigenvalue weighted by Crippen LogP contribution is -2.60. The van der Waals surface area contributed by atoms with Gasteiger partial charge in [-0.2, -0.15) is 0 Å². The van der Waals surface area contributed by atoms with Gasteiger partial charge in [-0.1, -0.05) is 296 Å². The van der Waals surface area contributed by atoms with Crippen LogP contribution in [0.2, 0.25) is 0 Å². The van der Waals surface area contributed by atoms with E-state index in [1.54, 1.807) is 0 Å². The van der Waals surface area contributed by atoms with Crippen LogP contribution in [0.15, 0.2) is 12.2 Å². The summed E-state index contributed by atoms with van der Waals surface area (Å²) in [5.74, 6) is -0.577. The zero-order chi connectivity index (χ0) is 53.1. The van der Waals surface area contributed by atoms with Crippen molar-refractivity contribution < 1.29 is 44.9 Å². The maximum absolute atomic E-state index is 13.2. The molecule has 1 fully saturated rings. The Labute approximate surface area is 450 Å². The highest BCUT2D eigenvalue weighted by molar-refractivity contribution is 5.80. The second kappa shape index (κ2) is 52.9. The monoisotopic (exact) mass is 1040 g/mol. The van der Waals surface area contributed by atoms with Gasteiger partial charge in [-0.3, -0.25) is 4.79 Å². The maximum atomic E-state index is 13.2. The molecule has 8 atom stereocenters. The minimum atomic E-state index is -1.60. The number of aliphatic hydroxyl groups excluding tert-OH is 6. The van der Waals surface area contributed by atoms with Crippen LogP contribution in [0.4, 0.5) is 0 Å². The molecule has 0 aliphatic carbocycles. The van der Waals surface area contributed by atoms with Crippen molar-refractivity contribution >= 4 is 5.91 Å². The van der Waals surface area contributed by atoms with Gasteiger partial charge in [0.15, 0.2) is 6.29 Å². The van der Waals surface area contributed by atoms with E-state index in [4.69, 9.17) is 9.47 Å². The molecule has 0 saturated carbocycles. The van der Waals surface area contributed by atoms with Crippen LogP contribution < -0.4 is 5.32 Å². The fourth-order valence-electron chi connectivity index (χ4n) is 10.6. The van der Waals surface area contributed by atoms with Gasteiger partial charge in [-0.15, -0.1) is 0 Å². The summed E-state index contributed by atoms with van der Waals surface area (Å²) in [4.78, 5) is 13.2. The molecule has 0 aromatic carbocycles. The van der Waals surface area contributed by atoms with Crippen molar-refractivity contribution in [3.63, 3.8) is 0 Å². The summed E-state index contributed by atoms with van der Waals surface area (Å²) < 4.78 is 11.3. The van der Waals surface area contributed by atoms with Crippen molar-refractivity contribution in [1.82, 2.24) is 5.32 Å². The van der Waals surface area contributed by atoms with Crippen molar-refractivity contribution in [2.24, 2.45) is 0 Å². The van der Waals surface area contributed by atoms with Crippen molar-refractivity contribution in [1.29, 1.82) is 0 Å². The lowest BCUT2D eigenvalue weighted by molar-refractivity contribution is -0.302. The summed E-state index contributed by atoms with van der Waals surface area (Å²) in [5, 5.41) is 65.3. The van der Waals surface area contributed by atoms with Gasteiger partial charge in [0.2, 0.25) is 5.91 Å². The van der Waals surface area contributed by atoms with E-state index in [1.165, 1.54) is 257 Å². The molecule has 0 radical (unpaired) electrons. The van der Waals surface area contributed by atoms with Crippen LogP contribution >= 0.6 is 0 Å². The third-order valence-electron chi connectivity index (χ3n) is 15.7. The largest absolute Gasteiger partial charge is 0.394 e. The molecule has 8 unspecified atom stereocenters. The van der Waals surface area contributed by atoms with E-state index in [-0.39, 0.29) is 6.61 Å². The number of carbonyl (C=O) groups is 1. The minimum absolute atomic E-state index is 0.251. The first-order chi connectivity index (χ1) is 35.8. The average molecular weight is 1040 g/mol. The first kappa shape index (κ1) is 69.9. The van der Waals surface area contributed by atoms with Crippen LogP contribution in [0.25, 0.3) is 0 Å². The molecule has 1 heterocycles. The Hall–Kier alpha value is -1.11. The predicted octanol–water partition coefficient (Wildman–Crippen LogP) is 15.3. The topological polar surface area (TPSA) is 169 Å². The van der Waals surface area contributed by atoms with Crippen LogP contribution in [0.5, 0.6) is 0 Å². The van der Waals surface area contributed by atoms with Crippen molar-refractivity contribution in [2.75, 3.05) is 13.2 Å². The molecule has 0 aromatic heterocycles. The third-order valence-corrected chi connectivity index (χ3v) is 15.7. The summed E-state index contributed by atoms with van der Waals surface area (Å²) in [7, 11) is 0. The molecular weight excluding hydrogens is 915 g/mol. The van der Waals surface area contributed by atoms with Crippen molar-refractivity contribution in [3.8, 4) is 0 Å². The van der Waals surface area contributed by atoms with Crippen LogP contribution in [-0.4, -0.2) is 98.7 Å². The summed E-state index contributed by atoms with van der Waals surface area (Å²) in [6.07, 6.45) is 55.8. The Morgan fingerprint density at radius 1 is 0.452 bits per heavy atom. The molecule has 7 N–H and O–H groups in total. The van der Waals surface area contributed by atoms with Gasteiger partial charge in [0.25, 0.3) is 0 Å². The second-order valence-corrected chi connectivity index (χ2v) is 22.7. The van der Waals surface area contributed by atoms with Crippen LogP contribution in [0.3, 0.4) is 0 Å². The number of amides is 1. The first-order valence-electron chi connectivity index (χ1n) is 32.0. The molecular formula is C63H123NO9. The average Bonchev–Trinajstić information content (AvgIpc) is 3.39. The molecule has 434 valence electrons. The van der Waals surface area contributed by atoms with Gasteiger partial charge in [0, 0.05) is 0 Å². The molecule has 10 heteroatoms. The molecule has 73 heavy (non-hydrogen) atoms. The summed E-state index contributed by atoms with van der Waals surface area (Å²) in [6, 6.07) is -0.892. The molecule has 0 bridgehead atoms. The van der Waals surface area contributed by atoms with Gasteiger partial charge >= 0.3 is 0 Å². The SMILES string of the molecule is CCCCCCCCCCCCCC/C=C\CCCCCCCCCCCCCCCCCC(O)C(=O)NC(COC1OC(CO)C(O)C(O)C1O)C(O)CCCCCCCCCCCCCCCCCCC. The van der Waals surface area contributed by atoms with E-state index in [0.717, 1.165) is 38.5 Å². The van der Waals surface area contributed by atoms with Gasteiger partial charge in [0.05, 0.1) is 25.4 Å². The van der Waals surface area contributed by atoms with E-state index < -0.39 is 61.5 Å². The lowest BCUT2D eigenvalue weighted by Gasteiger charge is -2.40.